The van der Waals surface area contributed by atoms with Crippen molar-refractivity contribution in [3.05, 3.63) is 35.4 Å². The molecule has 1 saturated carbocycles. The lowest BCUT2D eigenvalue weighted by Gasteiger charge is -2.40. The Morgan fingerprint density at radius 3 is 2.60 bits per heavy atom. The van der Waals surface area contributed by atoms with Gasteiger partial charge in [-0.2, -0.15) is 11.8 Å². The van der Waals surface area contributed by atoms with Gasteiger partial charge >= 0.3 is 0 Å². The van der Waals surface area contributed by atoms with Gasteiger partial charge in [-0.3, -0.25) is 4.79 Å². The Balaban J connectivity index is 1.92. The second kappa shape index (κ2) is 6.83. The van der Waals surface area contributed by atoms with Gasteiger partial charge in [0, 0.05) is 22.4 Å². The summed E-state index contributed by atoms with van der Waals surface area (Å²) in [5.74, 6) is 5.36. The van der Waals surface area contributed by atoms with Gasteiger partial charge in [-0.05, 0) is 43.4 Å². The van der Waals surface area contributed by atoms with E-state index in [0.29, 0.717) is 5.56 Å². The van der Waals surface area contributed by atoms with Crippen molar-refractivity contribution in [2.45, 2.75) is 24.0 Å². The number of amides is 1. The molecule has 1 aliphatic carbocycles. The van der Waals surface area contributed by atoms with Gasteiger partial charge in [-0.1, -0.05) is 18.3 Å². The molecule has 1 fully saturated rings. The molecule has 0 spiro atoms. The fourth-order valence-electron chi connectivity index (χ4n) is 2.21. The molecule has 0 radical (unpaired) electrons. The van der Waals surface area contributed by atoms with E-state index in [1.54, 1.807) is 24.3 Å². The fourth-order valence-corrected chi connectivity index (χ4v) is 3.13. The zero-order chi connectivity index (χ0) is 14.4. The van der Waals surface area contributed by atoms with Crippen LogP contribution in [0, 0.1) is 11.8 Å². The van der Waals surface area contributed by atoms with Crippen LogP contribution in [0.2, 0.25) is 0 Å². The Labute approximate surface area is 124 Å². The predicted octanol–water partition coefficient (Wildman–Crippen LogP) is 2.05. The first-order valence-electron chi connectivity index (χ1n) is 6.72. The average Bonchev–Trinajstić information content (AvgIpc) is 2.45. The van der Waals surface area contributed by atoms with E-state index < -0.39 is 0 Å². The molecule has 4 heteroatoms. The van der Waals surface area contributed by atoms with Gasteiger partial charge in [-0.25, -0.2) is 0 Å². The molecule has 106 valence electrons. The third-order valence-electron chi connectivity index (χ3n) is 3.73. The zero-order valence-corrected chi connectivity index (χ0v) is 12.4. The molecule has 0 atom stereocenters. The van der Waals surface area contributed by atoms with Gasteiger partial charge in [-0.15, -0.1) is 0 Å². The van der Waals surface area contributed by atoms with Crippen molar-refractivity contribution in [1.82, 2.24) is 5.32 Å². The van der Waals surface area contributed by atoms with Gasteiger partial charge < -0.3 is 10.4 Å². The van der Waals surface area contributed by atoms with Crippen LogP contribution in [0.25, 0.3) is 0 Å². The maximum atomic E-state index is 12.1. The van der Waals surface area contributed by atoms with Crippen molar-refractivity contribution >= 4 is 17.7 Å². The Morgan fingerprint density at radius 1 is 1.40 bits per heavy atom. The van der Waals surface area contributed by atoms with Gasteiger partial charge in [0.1, 0.15) is 6.61 Å². The lowest BCUT2D eigenvalue weighted by Crippen LogP contribution is -2.45. The molecule has 1 amide bonds. The van der Waals surface area contributed by atoms with Crippen molar-refractivity contribution in [2.75, 3.05) is 19.4 Å². The van der Waals surface area contributed by atoms with Crippen LogP contribution in [0.1, 0.15) is 35.2 Å². The summed E-state index contributed by atoms with van der Waals surface area (Å²) in [4.78, 5) is 12.1. The van der Waals surface area contributed by atoms with E-state index in [1.165, 1.54) is 19.3 Å². The maximum Gasteiger partial charge on any atom is 0.251 e. The van der Waals surface area contributed by atoms with E-state index in [-0.39, 0.29) is 17.3 Å². The number of aliphatic hydroxyl groups excluding tert-OH is 1. The fraction of sp³-hybridized carbons (Fsp3) is 0.438. The minimum atomic E-state index is -0.154. The molecule has 2 N–H and O–H groups in total. The van der Waals surface area contributed by atoms with Gasteiger partial charge in [0.05, 0.1) is 0 Å². The SMILES string of the molecule is CSC1(CNC(=O)c2ccc(C#CCO)cc2)CCC1. The first kappa shape index (κ1) is 15.0. The van der Waals surface area contributed by atoms with Crippen LogP contribution in [0.4, 0.5) is 0 Å². The smallest absolute Gasteiger partial charge is 0.251 e. The van der Waals surface area contributed by atoms with E-state index in [0.717, 1.165) is 12.1 Å². The number of carbonyl (C=O) groups excluding carboxylic acids is 1. The third-order valence-corrected chi connectivity index (χ3v) is 5.15. The topological polar surface area (TPSA) is 49.3 Å². The summed E-state index contributed by atoms with van der Waals surface area (Å²) < 4.78 is 0.252. The number of rotatable bonds is 4. The molecule has 20 heavy (non-hydrogen) atoms. The summed E-state index contributed by atoms with van der Waals surface area (Å²) in [5, 5.41) is 11.6. The Hall–Kier alpha value is -1.44. The maximum absolute atomic E-state index is 12.1. The van der Waals surface area contributed by atoms with Crippen LogP contribution < -0.4 is 5.32 Å². The average molecular weight is 289 g/mol. The molecule has 0 aliphatic heterocycles. The van der Waals surface area contributed by atoms with Crippen LogP contribution >= 0.6 is 11.8 Å². The van der Waals surface area contributed by atoms with Crippen LogP contribution in [-0.2, 0) is 0 Å². The molecule has 3 nitrogen and oxygen atoms in total. The highest BCUT2D eigenvalue weighted by molar-refractivity contribution is 8.00. The van der Waals surface area contributed by atoms with Crippen LogP contribution in [0.5, 0.6) is 0 Å². The number of nitrogens with one attached hydrogen (secondary N) is 1. The highest BCUT2D eigenvalue weighted by atomic mass is 32.2. The monoisotopic (exact) mass is 289 g/mol. The number of aliphatic hydroxyl groups is 1. The van der Waals surface area contributed by atoms with Crippen LogP contribution in [0.15, 0.2) is 24.3 Å². The third kappa shape index (κ3) is 3.56. The minimum absolute atomic E-state index is 0.0352. The molecule has 2 rings (SSSR count). The number of hydrogen-bond acceptors (Lipinski definition) is 3. The molecule has 0 aromatic heterocycles. The number of thioether (sulfide) groups is 1. The molecule has 1 aliphatic rings. The van der Waals surface area contributed by atoms with Crippen molar-refractivity contribution in [2.24, 2.45) is 0 Å². The normalized spacial score (nSPS) is 15.7. The van der Waals surface area contributed by atoms with Gasteiger partial charge in [0.25, 0.3) is 5.91 Å². The molecule has 0 heterocycles. The molecule has 0 bridgehead atoms. The molecular formula is C16H19NO2S. The summed E-state index contributed by atoms with van der Waals surface area (Å²) in [7, 11) is 0. The second-order valence-corrected chi connectivity index (χ2v) is 6.23. The van der Waals surface area contributed by atoms with E-state index >= 15 is 0 Å². The largest absolute Gasteiger partial charge is 0.384 e. The minimum Gasteiger partial charge on any atom is -0.384 e. The highest BCUT2D eigenvalue weighted by Crippen LogP contribution is 2.42. The summed E-state index contributed by atoms with van der Waals surface area (Å²) in [6, 6.07) is 7.13. The summed E-state index contributed by atoms with van der Waals surface area (Å²) in [6.07, 6.45) is 5.74. The van der Waals surface area contributed by atoms with Gasteiger partial charge in [0.2, 0.25) is 0 Å². The summed E-state index contributed by atoms with van der Waals surface area (Å²) in [6.45, 7) is 0.581. The zero-order valence-electron chi connectivity index (χ0n) is 11.6. The van der Waals surface area contributed by atoms with Gasteiger partial charge in [0.15, 0.2) is 0 Å². The predicted molar refractivity (Wildman–Crippen MR) is 82.8 cm³/mol. The van der Waals surface area contributed by atoms with E-state index in [9.17, 15) is 4.79 Å². The molecule has 0 unspecified atom stereocenters. The van der Waals surface area contributed by atoms with E-state index in [1.807, 2.05) is 11.8 Å². The lowest BCUT2D eigenvalue weighted by atomic mass is 9.84. The second-order valence-electron chi connectivity index (χ2n) is 4.96. The van der Waals surface area contributed by atoms with Crippen molar-refractivity contribution in [3.63, 3.8) is 0 Å². The number of hydrogen-bond donors (Lipinski definition) is 2. The summed E-state index contributed by atoms with van der Waals surface area (Å²) in [5.41, 5.74) is 1.45. The van der Waals surface area contributed by atoms with Crippen LogP contribution in [-0.4, -0.2) is 35.2 Å². The summed E-state index contributed by atoms with van der Waals surface area (Å²) >= 11 is 1.85. The Kier molecular flexibility index (Phi) is 5.11. The Morgan fingerprint density at radius 2 is 2.10 bits per heavy atom. The van der Waals surface area contributed by atoms with Crippen molar-refractivity contribution < 1.29 is 9.90 Å². The van der Waals surface area contributed by atoms with Crippen LogP contribution in [0.3, 0.4) is 0 Å². The Bertz CT molecular complexity index is 518. The van der Waals surface area contributed by atoms with E-state index in [4.69, 9.17) is 5.11 Å². The standard InChI is InChI=1S/C16H19NO2S/c1-20-16(9-3-10-16)12-17-15(19)14-7-5-13(6-8-14)4-2-11-18/h5-8,18H,3,9-12H2,1H3,(H,17,19). The first-order valence-corrected chi connectivity index (χ1v) is 7.95. The molecule has 1 aromatic carbocycles. The molecular weight excluding hydrogens is 270 g/mol. The van der Waals surface area contributed by atoms with Crippen molar-refractivity contribution in [3.8, 4) is 11.8 Å². The highest BCUT2D eigenvalue weighted by Gasteiger charge is 2.36. The number of carbonyl (C=O) groups is 1. The molecule has 0 saturated heterocycles. The lowest BCUT2D eigenvalue weighted by molar-refractivity contribution is 0.0944. The van der Waals surface area contributed by atoms with E-state index in [2.05, 4.69) is 23.4 Å². The first-order chi connectivity index (χ1) is 9.69. The number of benzene rings is 1. The van der Waals surface area contributed by atoms with Crippen molar-refractivity contribution in [1.29, 1.82) is 0 Å². The molecule has 1 aromatic rings. The quantitative estimate of drug-likeness (QED) is 0.834.